The second kappa shape index (κ2) is 8.20. The highest BCUT2D eigenvalue weighted by molar-refractivity contribution is 5.95. The van der Waals surface area contributed by atoms with E-state index in [4.69, 9.17) is 14.2 Å². The SMILES string of the molecule is COc1ccccc1N1CCN(C(=O)c2cc(C)c(OC)c(OC)c2)CC1. The third-order valence-corrected chi connectivity index (χ3v) is 4.90. The van der Waals surface area contributed by atoms with Gasteiger partial charge in [-0.1, -0.05) is 12.1 Å². The molecule has 0 spiro atoms. The monoisotopic (exact) mass is 370 g/mol. The van der Waals surface area contributed by atoms with Gasteiger partial charge in [-0.2, -0.15) is 0 Å². The highest BCUT2D eigenvalue weighted by Crippen LogP contribution is 2.33. The van der Waals surface area contributed by atoms with Gasteiger partial charge in [0.05, 0.1) is 27.0 Å². The third kappa shape index (κ3) is 3.79. The number of para-hydroxylation sites is 2. The van der Waals surface area contributed by atoms with Crippen LogP contribution < -0.4 is 19.1 Å². The van der Waals surface area contributed by atoms with Gasteiger partial charge in [-0.3, -0.25) is 4.79 Å². The Balaban J connectivity index is 1.73. The molecule has 1 saturated heterocycles. The maximum Gasteiger partial charge on any atom is 0.254 e. The Kier molecular flexibility index (Phi) is 5.74. The number of hydrogen-bond donors (Lipinski definition) is 0. The quantitative estimate of drug-likeness (QED) is 0.810. The molecule has 0 unspecified atom stereocenters. The van der Waals surface area contributed by atoms with Crippen LogP contribution in [0.2, 0.25) is 0 Å². The van der Waals surface area contributed by atoms with Crippen LogP contribution in [-0.2, 0) is 0 Å². The Labute approximate surface area is 160 Å². The van der Waals surface area contributed by atoms with Crippen LogP contribution in [0, 0.1) is 6.92 Å². The van der Waals surface area contributed by atoms with E-state index < -0.39 is 0 Å². The maximum atomic E-state index is 13.0. The van der Waals surface area contributed by atoms with Gasteiger partial charge in [-0.15, -0.1) is 0 Å². The number of carbonyl (C=O) groups excluding carboxylic acids is 1. The van der Waals surface area contributed by atoms with Crippen LogP contribution in [0.4, 0.5) is 5.69 Å². The molecule has 3 rings (SSSR count). The van der Waals surface area contributed by atoms with E-state index in [2.05, 4.69) is 4.90 Å². The van der Waals surface area contributed by atoms with Crippen molar-refractivity contribution in [2.75, 3.05) is 52.4 Å². The molecule has 0 aliphatic carbocycles. The first-order valence-electron chi connectivity index (χ1n) is 8.99. The number of benzene rings is 2. The van der Waals surface area contributed by atoms with Gasteiger partial charge in [0.25, 0.3) is 5.91 Å². The molecular formula is C21H26N2O4. The lowest BCUT2D eigenvalue weighted by Gasteiger charge is -2.36. The Hall–Kier alpha value is -2.89. The van der Waals surface area contributed by atoms with E-state index in [1.807, 2.05) is 42.2 Å². The fraction of sp³-hybridized carbons (Fsp3) is 0.381. The van der Waals surface area contributed by atoms with Gasteiger partial charge in [-0.25, -0.2) is 0 Å². The summed E-state index contributed by atoms with van der Waals surface area (Å²) in [6.07, 6.45) is 0. The van der Waals surface area contributed by atoms with Crippen LogP contribution in [-0.4, -0.2) is 58.3 Å². The number of rotatable bonds is 5. The zero-order valence-corrected chi connectivity index (χ0v) is 16.3. The summed E-state index contributed by atoms with van der Waals surface area (Å²) < 4.78 is 16.2. The Bertz CT molecular complexity index is 814. The fourth-order valence-corrected chi connectivity index (χ4v) is 3.50. The average Bonchev–Trinajstić information content (AvgIpc) is 2.72. The number of carbonyl (C=O) groups is 1. The molecule has 0 aromatic heterocycles. The lowest BCUT2D eigenvalue weighted by atomic mass is 10.1. The number of amides is 1. The molecule has 2 aromatic rings. The molecule has 0 bridgehead atoms. The summed E-state index contributed by atoms with van der Waals surface area (Å²) >= 11 is 0. The number of methoxy groups -OCH3 is 3. The van der Waals surface area contributed by atoms with Gasteiger partial charge in [0.1, 0.15) is 5.75 Å². The average molecular weight is 370 g/mol. The van der Waals surface area contributed by atoms with Crippen molar-refractivity contribution in [3.63, 3.8) is 0 Å². The van der Waals surface area contributed by atoms with Gasteiger partial charge in [0.15, 0.2) is 11.5 Å². The lowest BCUT2D eigenvalue weighted by molar-refractivity contribution is 0.0746. The highest BCUT2D eigenvalue weighted by Gasteiger charge is 2.25. The van der Waals surface area contributed by atoms with E-state index in [0.717, 1.165) is 30.1 Å². The minimum atomic E-state index is 0.0127. The minimum absolute atomic E-state index is 0.0127. The molecule has 0 radical (unpaired) electrons. The Morgan fingerprint density at radius 1 is 0.889 bits per heavy atom. The van der Waals surface area contributed by atoms with Gasteiger partial charge >= 0.3 is 0 Å². The van der Waals surface area contributed by atoms with Crippen molar-refractivity contribution >= 4 is 11.6 Å². The van der Waals surface area contributed by atoms with Crippen molar-refractivity contribution < 1.29 is 19.0 Å². The summed E-state index contributed by atoms with van der Waals surface area (Å²) in [4.78, 5) is 17.1. The van der Waals surface area contributed by atoms with Gasteiger partial charge < -0.3 is 24.0 Å². The first kappa shape index (κ1) is 18.9. The molecule has 144 valence electrons. The van der Waals surface area contributed by atoms with Gasteiger partial charge in [-0.05, 0) is 36.8 Å². The van der Waals surface area contributed by atoms with E-state index in [-0.39, 0.29) is 5.91 Å². The van der Waals surface area contributed by atoms with E-state index in [1.54, 1.807) is 27.4 Å². The van der Waals surface area contributed by atoms with Crippen LogP contribution in [0.15, 0.2) is 36.4 Å². The standard InChI is InChI=1S/C21H26N2O4/c1-15-13-16(14-19(26-3)20(15)27-4)21(24)23-11-9-22(10-12-23)17-7-5-6-8-18(17)25-2/h5-8,13-14H,9-12H2,1-4H3. The summed E-state index contributed by atoms with van der Waals surface area (Å²) in [5.41, 5.74) is 2.57. The summed E-state index contributed by atoms with van der Waals surface area (Å²) in [6.45, 7) is 4.75. The highest BCUT2D eigenvalue weighted by atomic mass is 16.5. The molecule has 1 amide bonds. The van der Waals surface area contributed by atoms with Gasteiger partial charge in [0.2, 0.25) is 0 Å². The number of nitrogens with zero attached hydrogens (tertiary/aromatic N) is 2. The molecule has 2 aromatic carbocycles. The van der Waals surface area contributed by atoms with Crippen LogP contribution >= 0.6 is 0 Å². The summed E-state index contributed by atoms with van der Waals surface area (Å²) in [5, 5.41) is 0. The molecule has 1 fully saturated rings. The van der Waals surface area contributed by atoms with E-state index in [9.17, 15) is 4.79 Å². The smallest absolute Gasteiger partial charge is 0.254 e. The molecular weight excluding hydrogens is 344 g/mol. The van der Waals surface area contributed by atoms with E-state index in [1.165, 1.54) is 0 Å². The summed E-state index contributed by atoms with van der Waals surface area (Å²) in [7, 11) is 4.86. The number of piperazine rings is 1. The fourth-order valence-electron chi connectivity index (χ4n) is 3.50. The Morgan fingerprint density at radius 3 is 2.19 bits per heavy atom. The van der Waals surface area contributed by atoms with Crippen LogP contribution in [0.3, 0.4) is 0 Å². The second-order valence-corrected chi connectivity index (χ2v) is 6.48. The zero-order valence-electron chi connectivity index (χ0n) is 16.3. The number of ether oxygens (including phenoxy) is 3. The normalized spacial score (nSPS) is 14.1. The molecule has 0 N–H and O–H groups in total. The molecule has 1 aliphatic heterocycles. The second-order valence-electron chi connectivity index (χ2n) is 6.48. The predicted octanol–water partition coefficient (Wildman–Crippen LogP) is 2.98. The lowest BCUT2D eigenvalue weighted by Crippen LogP contribution is -2.48. The zero-order chi connectivity index (χ0) is 19.4. The third-order valence-electron chi connectivity index (χ3n) is 4.90. The van der Waals surface area contributed by atoms with Gasteiger partial charge in [0, 0.05) is 31.7 Å². The van der Waals surface area contributed by atoms with Crippen LogP contribution in [0.25, 0.3) is 0 Å². The topological polar surface area (TPSA) is 51.2 Å². The van der Waals surface area contributed by atoms with Crippen molar-refractivity contribution in [2.45, 2.75) is 6.92 Å². The Morgan fingerprint density at radius 2 is 1.56 bits per heavy atom. The first-order chi connectivity index (χ1) is 13.1. The van der Waals surface area contributed by atoms with Crippen molar-refractivity contribution in [1.29, 1.82) is 0 Å². The molecule has 1 heterocycles. The number of hydrogen-bond acceptors (Lipinski definition) is 5. The molecule has 6 heteroatoms. The van der Waals surface area contributed by atoms with Crippen LogP contribution in [0.1, 0.15) is 15.9 Å². The summed E-state index contributed by atoms with van der Waals surface area (Å²) in [6, 6.07) is 11.6. The molecule has 1 aliphatic rings. The molecule has 6 nitrogen and oxygen atoms in total. The molecule has 0 atom stereocenters. The van der Waals surface area contributed by atoms with E-state index in [0.29, 0.717) is 30.2 Å². The minimum Gasteiger partial charge on any atom is -0.495 e. The maximum absolute atomic E-state index is 13.0. The van der Waals surface area contributed by atoms with E-state index >= 15 is 0 Å². The first-order valence-corrected chi connectivity index (χ1v) is 8.99. The van der Waals surface area contributed by atoms with Crippen molar-refractivity contribution in [3.8, 4) is 17.2 Å². The predicted molar refractivity (Wildman–Crippen MR) is 105 cm³/mol. The largest absolute Gasteiger partial charge is 0.495 e. The molecule has 27 heavy (non-hydrogen) atoms. The van der Waals surface area contributed by atoms with Crippen LogP contribution in [0.5, 0.6) is 17.2 Å². The number of aryl methyl sites for hydroxylation is 1. The van der Waals surface area contributed by atoms with Crippen molar-refractivity contribution in [2.24, 2.45) is 0 Å². The van der Waals surface area contributed by atoms with Crippen molar-refractivity contribution in [3.05, 3.63) is 47.5 Å². The molecule has 0 saturated carbocycles. The van der Waals surface area contributed by atoms with Crippen molar-refractivity contribution in [1.82, 2.24) is 4.90 Å². The number of anilines is 1. The summed E-state index contributed by atoms with van der Waals surface area (Å²) in [5.74, 6) is 2.11.